The molecule has 160 valence electrons. The molecular weight excluding hydrogens is 393 g/mol. The topological polar surface area (TPSA) is 32.8 Å². The molecule has 4 nitrogen and oxygen atoms in total. The summed E-state index contributed by atoms with van der Waals surface area (Å²) in [6.07, 6.45) is -2.27. The highest BCUT2D eigenvalue weighted by atomic mass is 19.4. The van der Waals surface area contributed by atoms with E-state index in [2.05, 4.69) is 4.90 Å². The molecule has 1 fully saturated rings. The molecule has 4 rings (SSSR count). The third-order valence-corrected chi connectivity index (χ3v) is 5.94. The van der Waals surface area contributed by atoms with Gasteiger partial charge in [-0.2, -0.15) is 13.2 Å². The number of likely N-dealkylation sites (tertiary alicyclic amines) is 1. The SMILES string of the molecule is O=C1c2ccccc2CN1CC1CCN(CCOc2ccc(C(F)(F)F)cc2)CC1. The van der Waals surface area contributed by atoms with Gasteiger partial charge in [-0.1, -0.05) is 18.2 Å². The maximum Gasteiger partial charge on any atom is 0.416 e. The molecule has 7 heteroatoms. The van der Waals surface area contributed by atoms with E-state index in [0.29, 0.717) is 24.8 Å². The van der Waals surface area contributed by atoms with Crippen molar-refractivity contribution in [3.63, 3.8) is 0 Å². The van der Waals surface area contributed by atoms with Crippen LogP contribution in [-0.2, 0) is 12.7 Å². The van der Waals surface area contributed by atoms with Gasteiger partial charge in [-0.05, 0) is 67.7 Å². The van der Waals surface area contributed by atoms with Gasteiger partial charge in [0.05, 0.1) is 5.56 Å². The molecule has 0 bridgehead atoms. The van der Waals surface area contributed by atoms with Gasteiger partial charge >= 0.3 is 6.18 Å². The lowest BCUT2D eigenvalue weighted by atomic mass is 9.96. The fraction of sp³-hybridized carbons (Fsp3) is 0.435. The van der Waals surface area contributed by atoms with Crippen molar-refractivity contribution in [1.29, 1.82) is 0 Å². The molecule has 2 aromatic rings. The number of ether oxygens (including phenoxy) is 1. The fourth-order valence-corrected chi connectivity index (χ4v) is 4.20. The van der Waals surface area contributed by atoms with Gasteiger partial charge in [0.25, 0.3) is 5.91 Å². The lowest BCUT2D eigenvalue weighted by molar-refractivity contribution is -0.137. The highest BCUT2D eigenvalue weighted by Crippen LogP contribution is 2.30. The van der Waals surface area contributed by atoms with Gasteiger partial charge in [0, 0.05) is 25.2 Å². The first-order valence-electron chi connectivity index (χ1n) is 10.3. The van der Waals surface area contributed by atoms with E-state index in [0.717, 1.165) is 62.3 Å². The summed E-state index contributed by atoms with van der Waals surface area (Å²) in [5, 5.41) is 0. The van der Waals surface area contributed by atoms with Crippen molar-refractivity contribution in [2.75, 3.05) is 32.8 Å². The van der Waals surface area contributed by atoms with Crippen molar-refractivity contribution < 1.29 is 22.7 Å². The number of hydrogen-bond donors (Lipinski definition) is 0. The monoisotopic (exact) mass is 418 g/mol. The Labute approximate surface area is 174 Å². The van der Waals surface area contributed by atoms with Gasteiger partial charge in [0.2, 0.25) is 0 Å². The van der Waals surface area contributed by atoms with Crippen LogP contribution < -0.4 is 4.74 Å². The predicted molar refractivity (Wildman–Crippen MR) is 107 cm³/mol. The quantitative estimate of drug-likeness (QED) is 0.695. The molecule has 2 aliphatic rings. The Bertz CT molecular complexity index is 875. The molecule has 1 saturated heterocycles. The van der Waals surface area contributed by atoms with Crippen LogP contribution in [0.1, 0.15) is 34.3 Å². The maximum absolute atomic E-state index is 12.6. The molecule has 2 aliphatic heterocycles. The van der Waals surface area contributed by atoms with Gasteiger partial charge in [0.15, 0.2) is 0 Å². The minimum Gasteiger partial charge on any atom is -0.492 e. The number of piperidine rings is 1. The summed E-state index contributed by atoms with van der Waals surface area (Å²) in [6, 6.07) is 12.6. The molecule has 0 spiro atoms. The highest BCUT2D eigenvalue weighted by molar-refractivity contribution is 5.98. The summed E-state index contributed by atoms with van der Waals surface area (Å²) >= 11 is 0. The van der Waals surface area contributed by atoms with Crippen LogP contribution in [0.4, 0.5) is 13.2 Å². The summed E-state index contributed by atoms with van der Waals surface area (Å²) in [6.45, 7) is 4.56. The molecule has 2 heterocycles. The van der Waals surface area contributed by atoms with Gasteiger partial charge in [-0.15, -0.1) is 0 Å². The van der Waals surface area contributed by atoms with Gasteiger partial charge in [-0.25, -0.2) is 0 Å². The van der Waals surface area contributed by atoms with Crippen LogP contribution in [-0.4, -0.2) is 48.5 Å². The van der Waals surface area contributed by atoms with Crippen LogP contribution in [0.25, 0.3) is 0 Å². The summed E-state index contributed by atoms with van der Waals surface area (Å²) in [4.78, 5) is 16.8. The first-order valence-corrected chi connectivity index (χ1v) is 10.3. The number of carbonyl (C=O) groups is 1. The van der Waals surface area contributed by atoms with E-state index < -0.39 is 11.7 Å². The highest BCUT2D eigenvalue weighted by Gasteiger charge is 2.31. The number of halogens is 3. The first kappa shape index (κ1) is 20.7. The molecule has 0 saturated carbocycles. The molecule has 30 heavy (non-hydrogen) atoms. The van der Waals surface area contributed by atoms with Crippen molar-refractivity contribution in [2.24, 2.45) is 5.92 Å². The van der Waals surface area contributed by atoms with E-state index in [9.17, 15) is 18.0 Å². The van der Waals surface area contributed by atoms with Crippen LogP contribution in [0.5, 0.6) is 5.75 Å². The summed E-state index contributed by atoms with van der Waals surface area (Å²) in [5.74, 6) is 1.08. The van der Waals surface area contributed by atoms with Gasteiger partial charge in [-0.3, -0.25) is 9.69 Å². The van der Waals surface area contributed by atoms with Crippen molar-refractivity contribution in [2.45, 2.75) is 25.6 Å². The second-order valence-electron chi connectivity index (χ2n) is 8.00. The zero-order valence-corrected chi connectivity index (χ0v) is 16.7. The van der Waals surface area contributed by atoms with Crippen molar-refractivity contribution in [3.05, 3.63) is 65.2 Å². The molecule has 1 amide bonds. The van der Waals surface area contributed by atoms with Crippen molar-refractivity contribution in [1.82, 2.24) is 9.80 Å². The Morgan fingerprint density at radius 2 is 1.70 bits per heavy atom. The second kappa shape index (κ2) is 8.68. The average molecular weight is 418 g/mol. The fourth-order valence-electron chi connectivity index (χ4n) is 4.20. The van der Waals surface area contributed by atoms with E-state index in [1.165, 1.54) is 12.1 Å². The summed E-state index contributed by atoms with van der Waals surface area (Å²) in [5.41, 5.74) is 1.27. The molecule has 0 unspecified atom stereocenters. The largest absolute Gasteiger partial charge is 0.492 e. The zero-order chi connectivity index (χ0) is 21.1. The third-order valence-electron chi connectivity index (χ3n) is 5.94. The van der Waals surface area contributed by atoms with E-state index >= 15 is 0 Å². The number of rotatable bonds is 6. The maximum atomic E-state index is 12.6. The molecule has 0 N–H and O–H groups in total. The molecular formula is C23H25F3N2O2. The Morgan fingerprint density at radius 3 is 2.37 bits per heavy atom. The normalized spacial score (nSPS) is 18.0. The van der Waals surface area contributed by atoms with Crippen LogP contribution >= 0.6 is 0 Å². The van der Waals surface area contributed by atoms with E-state index in [1.807, 2.05) is 29.2 Å². The lowest BCUT2D eigenvalue weighted by Crippen LogP contribution is -2.40. The lowest BCUT2D eigenvalue weighted by Gasteiger charge is -2.33. The molecule has 0 aromatic heterocycles. The molecule has 0 aliphatic carbocycles. The van der Waals surface area contributed by atoms with Crippen LogP contribution in [0.15, 0.2) is 48.5 Å². The second-order valence-corrected chi connectivity index (χ2v) is 8.00. The summed E-state index contributed by atoms with van der Waals surface area (Å²) < 4.78 is 43.4. The van der Waals surface area contributed by atoms with Gasteiger partial charge in [0.1, 0.15) is 12.4 Å². The minimum atomic E-state index is -4.33. The standard InChI is InChI=1S/C23H25F3N2O2/c24-23(25,26)19-5-7-20(8-6-19)30-14-13-27-11-9-17(10-12-27)15-28-16-18-3-1-2-4-21(18)22(28)29/h1-8,17H,9-16H2. The summed E-state index contributed by atoms with van der Waals surface area (Å²) in [7, 11) is 0. The molecule has 0 atom stereocenters. The number of fused-ring (bicyclic) bond motifs is 1. The number of carbonyl (C=O) groups excluding carboxylic acids is 1. The van der Waals surface area contributed by atoms with E-state index in [4.69, 9.17) is 4.74 Å². The molecule has 0 radical (unpaired) electrons. The Kier molecular flexibility index (Phi) is 5.99. The zero-order valence-electron chi connectivity index (χ0n) is 16.7. The Hall–Kier alpha value is -2.54. The van der Waals surface area contributed by atoms with Crippen molar-refractivity contribution in [3.8, 4) is 5.75 Å². The Balaban J connectivity index is 1.17. The average Bonchev–Trinajstić information content (AvgIpc) is 3.05. The predicted octanol–water partition coefficient (Wildman–Crippen LogP) is 4.45. The van der Waals surface area contributed by atoms with Crippen LogP contribution in [0.2, 0.25) is 0 Å². The van der Waals surface area contributed by atoms with Crippen molar-refractivity contribution >= 4 is 5.91 Å². The number of nitrogens with zero attached hydrogens (tertiary/aromatic N) is 2. The first-order chi connectivity index (χ1) is 14.4. The van der Waals surface area contributed by atoms with Crippen LogP contribution in [0, 0.1) is 5.92 Å². The smallest absolute Gasteiger partial charge is 0.416 e. The number of amides is 1. The minimum absolute atomic E-state index is 0.137. The molecule has 2 aromatic carbocycles. The third kappa shape index (κ3) is 4.78. The number of hydrogen-bond acceptors (Lipinski definition) is 3. The van der Waals surface area contributed by atoms with Gasteiger partial charge < -0.3 is 9.64 Å². The van der Waals surface area contributed by atoms with E-state index in [1.54, 1.807) is 0 Å². The van der Waals surface area contributed by atoms with Crippen LogP contribution in [0.3, 0.4) is 0 Å². The number of benzene rings is 2. The Morgan fingerprint density at radius 1 is 1.00 bits per heavy atom. The number of alkyl halides is 3. The van der Waals surface area contributed by atoms with E-state index in [-0.39, 0.29) is 5.91 Å².